The van der Waals surface area contributed by atoms with Gasteiger partial charge in [0.25, 0.3) is 0 Å². The van der Waals surface area contributed by atoms with Crippen molar-refractivity contribution in [3.8, 4) is 0 Å². The van der Waals surface area contributed by atoms with Crippen molar-refractivity contribution >= 4 is 0 Å². The standard InChI is InChI=1S/C27H49N/c1-9-13-24(7)16-20-27(18-14-22(5)10-2,19-15-23(6)11-3)21-17-25(8)26(28)12-4/h26H,5-21,28H2,1-4H3. The fourth-order valence-electron chi connectivity index (χ4n) is 3.81. The summed E-state index contributed by atoms with van der Waals surface area (Å²) in [5.41, 5.74) is 11.9. The van der Waals surface area contributed by atoms with Crippen molar-refractivity contribution in [3.05, 3.63) is 48.6 Å². The van der Waals surface area contributed by atoms with Gasteiger partial charge in [0.15, 0.2) is 0 Å². The molecule has 2 N–H and O–H groups in total. The fourth-order valence-corrected chi connectivity index (χ4v) is 3.81. The van der Waals surface area contributed by atoms with Crippen LogP contribution in [0.2, 0.25) is 0 Å². The molecule has 0 aliphatic rings. The van der Waals surface area contributed by atoms with Gasteiger partial charge in [-0.3, -0.25) is 0 Å². The van der Waals surface area contributed by atoms with Crippen molar-refractivity contribution in [3.63, 3.8) is 0 Å². The summed E-state index contributed by atoms with van der Waals surface area (Å²) in [5, 5.41) is 0. The second-order valence-corrected chi connectivity index (χ2v) is 8.88. The highest BCUT2D eigenvalue weighted by Crippen LogP contribution is 2.43. The van der Waals surface area contributed by atoms with Gasteiger partial charge in [-0.15, -0.1) is 0 Å². The van der Waals surface area contributed by atoms with Gasteiger partial charge in [-0.05, 0) is 82.5 Å². The summed E-state index contributed by atoms with van der Waals surface area (Å²) in [4.78, 5) is 0. The Morgan fingerprint density at radius 2 is 1.11 bits per heavy atom. The number of rotatable bonds is 18. The molecule has 0 heterocycles. The van der Waals surface area contributed by atoms with E-state index < -0.39 is 0 Å². The molecule has 1 nitrogen and oxygen atoms in total. The normalized spacial score (nSPS) is 12.6. The molecule has 0 radical (unpaired) electrons. The van der Waals surface area contributed by atoms with Crippen LogP contribution in [-0.4, -0.2) is 6.04 Å². The largest absolute Gasteiger partial charge is 0.324 e. The zero-order valence-electron chi connectivity index (χ0n) is 19.7. The van der Waals surface area contributed by atoms with Gasteiger partial charge in [0.05, 0.1) is 0 Å². The van der Waals surface area contributed by atoms with Gasteiger partial charge in [-0.2, -0.15) is 0 Å². The third-order valence-electron chi connectivity index (χ3n) is 6.57. The molecule has 0 bridgehead atoms. The molecule has 0 aromatic carbocycles. The first-order valence-corrected chi connectivity index (χ1v) is 11.7. The SMILES string of the molecule is C=C(CC)CCC(CCC(=C)CC)(CCC(=C)CCC)CCC(=C)C(N)CC. The lowest BCUT2D eigenvalue weighted by atomic mass is 9.69. The summed E-state index contributed by atoms with van der Waals surface area (Å²) in [6.07, 6.45) is 14.7. The van der Waals surface area contributed by atoms with Gasteiger partial charge in [0.2, 0.25) is 0 Å². The maximum atomic E-state index is 6.25. The molecule has 0 fully saturated rings. The van der Waals surface area contributed by atoms with Crippen LogP contribution >= 0.6 is 0 Å². The van der Waals surface area contributed by atoms with Crippen LogP contribution < -0.4 is 5.73 Å². The van der Waals surface area contributed by atoms with Crippen molar-refractivity contribution in [1.29, 1.82) is 0 Å². The van der Waals surface area contributed by atoms with Crippen LogP contribution in [0.5, 0.6) is 0 Å². The molecule has 0 spiro atoms. The number of hydrogen-bond acceptors (Lipinski definition) is 1. The molecule has 0 aromatic heterocycles. The molecular formula is C27H49N. The molecular weight excluding hydrogens is 338 g/mol. The van der Waals surface area contributed by atoms with Crippen LogP contribution in [0.15, 0.2) is 48.6 Å². The van der Waals surface area contributed by atoms with Crippen LogP contribution in [0.25, 0.3) is 0 Å². The molecule has 1 atom stereocenters. The minimum absolute atomic E-state index is 0.129. The molecule has 0 rings (SSSR count). The van der Waals surface area contributed by atoms with Crippen molar-refractivity contribution in [2.75, 3.05) is 0 Å². The van der Waals surface area contributed by atoms with Crippen LogP contribution in [0.4, 0.5) is 0 Å². The van der Waals surface area contributed by atoms with Gasteiger partial charge < -0.3 is 5.73 Å². The summed E-state index contributed by atoms with van der Waals surface area (Å²) in [5.74, 6) is 0. The highest BCUT2D eigenvalue weighted by atomic mass is 14.6. The fraction of sp³-hybridized carbons (Fsp3) is 0.704. The Morgan fingerprint density at radius 3 is 1.50 bits per heavy atom. The number of nitrogens with two attached hydrogens (primary N) is 1. The van der Waals surface area contributed by atoms with Gasteiger partial charge in [0.1, 0.15) is 0 Å². The van der Waals surface area contributed by atoms with Crippen LogP contribution in [-0.2, 0) is 0 Å². The van der Waals surface area contributed by atoms with E-state index in [1.165, 1.54) is 54.4 Å². The molecule has 0 aromatic rings. The molecule has 1 unspecified atom stereocenters. The van der Waals surface area contributed by atoms with E-state index in [9.17, 15) is 0 Å². The topological polar surface area (TPSA) is 26.0 Å². The van der Waals surface area contributed by atoms with E-state index >= 15 is 0 Å². The third kappa shape index (κ3) is 11.1. The van der Waals surface area contributed by atoms with Crippen molar-refractivity contribution in [2.24, 2.45) is 11.1 Å². The average molecular weight is 388 g/mol. The molecule has 28 heavy (non-hydrogen) atoms. The molecule has 0 saturated carbocycles. The highest BCUT2D eigenvalue weighted by molar-refractivity contribution is 5.07. The van der Waals surface area contributed by atoms with Crippen molar-refractivity contribution in [1.82, 2.24) is 0 Å². The lowest BCUT2D eigenvalue weighted by Crippen LogP contribution is -2.25. The summed E-state index contributed by atoms with van der Waals surface area (Å²) in [7, 11) is 0. The van der Waals surface area contributed by atoms with Crippen molar-refractivity contribution < 1.29 is 0 Å². The molecule has 162 valence electrons. The summed E-state index contributed by atoms with van der Waals surface area (Å²) in [6.45, 7) is 26.0. The smallest absolute Gasteiger partial charge is 0.0248 e. The first-order chi connectivity index (χ1) is 13.2. The Hall–Kier alpha value is -1.08. The molecule has 0 amide bonds. The van der Waals surface area contributed by atoms with E-state index in [2.05, 4.69) is 54.0 Å². The van der Waals surface area contributed by atoms with Crippen LogP contribution in [0.1, 0.15) is 111 Å². The van der Waals surface area contributed by atoms with E-state index in [4.69, 9.17) is 5.73 Å². The summed E-state index contributed by atoms with van der Waals surface area (Å²) < 4.78 is 0. The quantitative estimate of drug-likeness (QED) is 0.234. The highest BCUT2D eigenvalue weighted by Gasteiger charge is 2.30. The first-order valence-electron chi connectivity index (χ1n) is 11.7. The Balaban J connectivity index is 5.39. The Kier molecular flexibility index (Phi) is 14.3. The van der Waals surface area contributed by atoms with E-state index in [1.807, 2.05) is 0 Å². The maximum absolute atomic E-state index is 6.25. The molecule has 1 heteroatoms. The summed E-state index contributed by atoms with van der Waals surface area (Å²) >= 11 is 0. The van der Waals surface area contributed by atoms with E-state index in [0.29, 0.717) is 5.41 Å². The second kappa shape index (κ2) is 14.9. The van der Waals surface area contributed by atoms with Gasteiger partial charge in [-0.1, -0.05) is 82.7 Å². The lowest BCUT2D eigenvalue weighted by Gasteiger charge is -2.36. The van der Waals surface area contributed by atoms with Gasteiger partial charge in [-0.25, -0.2) is 0 Å². The van der Waals surface area contributed by atoms with E-state index in [-0.39, 0.29) is 6.04 Å². The van der Waals surface area contributed by atoms with Crippen LogP contribution in [0.3, 0.4) is 0 Å². The molecule has 0 aliphatic heterocycles. The van der Waals surface area contributed by atoms with Crippen LogP contribution in [0, 0.1) is 5.41 Å². The monoisotopic (exact) mass is 387 g/mol. The lowest BCUT2D eigenvalue weighted by molar-refractivity contribution is 0.197. The number of hydrogen-bond donors (Lipinski definition) is 1. The summed E-state index contributed by atoms with van der Waals surface area (Å²) in [6, 6.07) is 0.129. The number of allylic oxidation sites excluding steroid dienone is 3. The third-order valence-corrected chi connectivity index (χ3v) is 6.57. The Bertz CT molecular complexity index is 476. The Morgan fingerprint density at radius 1 is 0.679 bits per heavy atom. The van der Waals surface area contributed by atoms with Crippen molar-refractivity contribution in [2.45, 2.75) is 117 Å². The minimum Gasteiger partial charge on any atom is -0.324 e. The Labute approximate surface area is 177 Å². The maximum Gasteiger partial charge on any atom is 0.0248 e. The second-order valence-electron chi connectivity index (χ2n) is 8.88. The minimum atomic E-state index is 0.129. The zero-order valence-corrected chi connectivity index (χ0v) is 19.7. The predicted molar refractivity (Wildman–Crippen MR) is 130 cm³/mol. The predicted octanol–water partition coefficient (Wildman–Crippen LogP) is 8.68. The van der Waals surface area contributed by atoms with Gasteiger partial charge >= 0.3 is 0 Å². The van der Waals surface area contributed by atoms with Gasteiger partial charge in [0, 0.05) is 6.04 Å². The molecule has 0 aliphatic carbocycles. The zero-order chi connectivity index (χ0) is 21.6. The van der Waals surface area contributed by atoms with E-state index in [1.54, 1.807) is 0 Å². The van der Waals surface area contributed by atoms with E-state index in [0.717, 1.165) is 51.4 Å². The average Bonchev–Trinajstić information content (AvgIpc) is 2.71. The molecule has 0 saturated heterocycles. The first kappa shape index (κ1) is 26.9.